The van der Waals surface area contributed by atoms with E-state index in [1.165, 1.54) is 31.7 Å². The molecule has 1 aliphatic rings. The van der Waals surface area contributed by atoms with Crippen molar-refractivity contribution in [3.63, 3.8) is 0 Å². The molecule has 0 aromatic heterocycles. The number of piperazine rings is 1. The number of nitrogens with one attached hydrogen (secondary N) is 2. The van der Waals surface area contributed by atoms with Gasteiger partial charge in [0.1, 0.15) is 32.7 Å². The Bertz CT molecular complexity index is 638. The zero-order valence-electron chi connectivity index (χ0n) is 14.4. The minimum absolute atomic E-state index is 0.581. The molecule has 0 atom stereocenters. The molecule has 0 unspecified atom stereocenters. The van der Waals surface area contributed by atoms with Crippen molar-refractivity contribution in [1.82, 2.24) is 0 Å². The Kier molecular flexibility index (Phi) is 7.00. The fraction of sp³-hybridized carbons (Fsp3) is 0.400. The summed E-state index contributed by atoms with van der Waals surface area (Å²) in [4.78, 5) is 3.36. The highest BCUT2D eigenvalue weighted by atomic mass is 35.5. The molecule has 0 radical (unpaired) electrons. The predicted octanol–water partition coefficient (Wildman–Crippen LogP) is 1.75. The first-order valence-corrected chi connectivity index (χ1v) is 9.76. The molecule has 0 bridgehead atoms. The molecule has 0 spiro atoms. The van der Waals surface area contributed by atoms with Crippen molar-refractivity contribution in [3.8, 4) is 5.75 Å². The quantitative estimate of drug-likeness (QED) is 0.700. The van der Waals surface area contributed by atoms with Crippen LogP contribution in [0.4, 0.5) is 0 Å². The van der Waals surface area contributed by atoms with E-state index < -0.39 is 0 Å². The molecule has 0 amide bonds. The van der Waals surface area contributed by atoms with E-state index in [-0.39, 0.29) is 0 Å². The number of quaternary nitrogens is 2. The van der Waals surface area contributed by atoms with Gasteiger partial charge in [-0.15, -0.1) is 0 Å². The van der Waals surface area contributed by atoms with Crippen LogP contribution in [0.1, 0.15) is 12.0 Å². The Morgan fingerprint density at radius 3 is 2.12 bits per heavy atom. The van der Waals surface area contributed by atoms with E-state index in [4.69, 9.17) is 27.9 Å². The lowest BCUT2D eigenvalue weighted by atomic mass is 10.2. The molecule has 25 heavy (non-hydrogen) atoms. The highest BCUT2D eigenvalue weighted by Gasteiger charge is 2.22. The number of hydrogen-bond acceptors (Lipinski definition) is 1. The van der Waals surface area contributed by atoms with Crippen molar-refractivity contribution in [2.24, 2.45) is 0 Å². The van der Waals surface area contributed by atoms with E-state index in [1.54, 1.807) is 9.80 Å². The second-order valence-corrected chi connectivity index (χ2v) is 7.48. The largest absolute Gasteiger partial charge is 0.490 e. The minimum Gasteiger partial charge on any atom is -0.490 e. The van der Waals surface area contributed by atoms with Gasteiger partial charge in [-0.2, -0.15) is 0 Å². The smallest absolute Gasteiger partial charge is 0.156 e. The van der Waals surface area contributed by atoms with Crippen molar-refractivity contribution in [3.05, 3.63) is 64.1 Å². The maximum atomic E-state index is 6.12. The van der Waals surface area contributed by atoms with Crippen LogP contribution in [-0.4, -0.2) is 39.3 Å². The van der Waals surface area contributed by atoms with E-state index in [0.717, 1.165) is 19.5 Å². The lowest BCUT2D eigenvalue weighted by Gasteiger charge is -2.29. The van der Waals surface area contributed by atoms with E-state index in [2.05, 4.69) is 30.3 Å². The van der Waals surface area contributed by atoms with E-state index in [0.29, 0.717) is 22.4 Å². The predicted molar refractivity (Wildman–Crippen MR) is 103 cm³/mol. The van der Waals surface area contributed by atoms with E-state index >= 15 is 0 Å². The molecule has 2 N–H and O–H groups in total. The normalized spacial score (nSPS) is 20.4. The molecule has 1 saturated heterocycles. The maximum Gasteiger partial charge on any atom is 0.156 e. The summed E-state index contributed by atoms with van der Waals surface area (Å²) in [6.45, 7) is 7.88. The van der Waals surface area contributed by atoms with Crippen LogP contribution in [0.15, 0.2) is 48.5 Å². The highest BCUT2D eigenvalue weighted by Crippen LogP contribution is 2.32. The van der Waals surface area contributed by atoms with Crippen LogP contribution in [0.3, 0.4) is 0 Å². The van der Waals surface area contributed by atoms with Gasteiger partial charge in [-0.25, -0.2) is 0 Å². The zero-order valence-corrected chi connectivity index (χ0v) is 16.0. The van der Waals surface area contributed by atoms with Gasteiger partial charge in [0.05, 0.1) is 23.2 Å². The third kappa shape index (κ3) is 5.61. The molecular weight excluding hydrogens is 355 g/mol. The Morgan fingerprint density at radius 2 is 1.44 bits per heavy atom. The lowest BCUT2D eigenvalue weighted by molar-refractivity contribution is -1.02. The fourth-order valence-corrected chi connectivity index (χ4v) is 3.89. The van der Waals surface area contributed by atoms with Gasteiger partial charge in [0, 0.05) is 12.0 Å². The average Bonchev–Trinajstić information content (AvgIpc) is 2.63. The van der Waals surface area contributed by atoms with Gasteiger partial charge in [0.15, 0.2) is 5.75 Å². The summed E-state index contributed by atoms with van der Waals surface area (Å²) in [5.74, 6) is 0.609. The lowest BCUT2D eigenvalue weighted by Crippen LogP contribution is -3.27. The number of ether oxygens (including phenoxy) is 1. The van der Waals surface area contributed by atoms with Crippen molar-refractivity contribution in [2.75, 3.05) is 39.3 Å². The third-order valence-corrected chi connectivity index (χ3v) is 5.40. The molecule has 2 aromatic carbocycles. The van der Waals surface area contributed by atoms with E-state index in [9.17, 15) is 0 Å². The number of halogens is 2. The minimum atomic E-state index is 0.581. The van der Waals surface area contributed by atoms with Gasteiger partial charge >= 0.3 is 0 Å². The van der Waals surface area contributed by atoms with Crippen LogP contribution in [0.2, 0.25) is 10.0 Å². The van der Waals surface area contributed by atoms with Gasteiger partial charge in [0.2, 0.25) is 0 Å². The highest BCUT2D eigenvalue weighted by molar-refractivity contribution is 6.37. The molecule has 5 heteroatoms. The van der Waals surface area contributed by atoms with Gasteiger partial charge in [-0.1, -0.05) is 59.6 Å². The van der Waals surface area contributed by atoms with Crippen molar-refractivity contribution >= 4 is 23.2 Å². The number of para-hydroxylation sites is 1. The molecule has 1 aliphatic heterocycles. The number of hydrogen-bond donors (Lipinski definition) is 2. The van der Waals surface area contributed by atoms with Gasteiger partial charge in [-0.3, -0.25) is 0 Å². The van der Waals surface area contributed by atoms with Crippen LogP contribution in [-0.2, 0) is 6.54 Å². The van der Waals surface area contributed by atoms with Crippen molar-refractivity contribution < 1.29 is 14.5 Å². The molecule has 0 aliphatic carbocycles. The Morgan fingerprint density at radius 1 is 0.800 bits per heavy atom. The first-order valence-electron chi connectivity index (χ1n) is 9.00. The van der Waals surface area contributed by atoms with Crippen LogP contribution in [0, 0.1) is 0 Å². The third-order valence-electron chi connectivity index (χ3n) is 4.80. The number of benzene rings is 2. The average molecular weight is 381 g/mol. The first-order chi connectivity index (χ1) is 12.2. The van der Waals surface area contributed by atoms with Gasteiger partial charge in [0.25, 0.3) is 0 Å². The Hall–Kier alpha value is -1.26. The van der Waals surface area contributed by atoms with Crippen molar-refractivity contribution in [1.29, 1.82) is 0 Å². The summed E-state index contributed by atoms with van der Waals surface area (Å²) in [6, 6.07) is 16.2. The zero-order chi connectivity index (χ0) is 17.5. The summed E-state index contributed by atoms with van der Waals surface area (Å²) < 4.78 is 5.78. The summed E-state index contributed by atoms with van der Waals surface area (Å²) >= 11 is 12.2. The molecule has 1 fully saturated rings. The molecule has 3 rings (SSSR count). The standard InChI is InChI=1S/C20H24Cl2N2O/c21-18-8-4-9-19(22)20(18)25-15-5-10-23-11-13-24(14-12-23)16-17-6-2-1-3-7-17/h1-4,6-9H,5,10-16H2/p+2. The van der Waals surface area contributed by atoms with E-state index in [1.807, 2.05) is 18.2 Å². The second-order valence-electron chi connectivity index (χ2n) is 6.67. The Labute approximate surface area is 160 Å². The first kappa shape index (κ1) is 18.5. The van der Waals surface area contributed by atoms with Gasteiger partial charge in [-0.05, 0) is 12.1 Å². The fourth-order valence-electron chi connectivity index (χ4n) is 3.39. The monoisotopic (exact) mass is 380 g/mol. The van der Waals surface area contributed by atoms with Crippen LogP contribution in [0.25, 0.3) is 0 Å². The second kappa shape index (κ2) is 9.44. The summed E-state index contributed by atoms with van der Waals surface area (Å²) in [6.07, 6.45) is 1.02. The van der Waals surface area contributed by atoms with Gasteiger partial charge < -0.3 is 14.5 Å². The maximum absolute atomic E-state index is 6.12. The van der Waals surface area contributed by atoms with Crippen LogP contribution in [0.5, 0.6) is 5.75 Å². The topological polar surface area (TPSA) is 18.1 Å². The van der Waals surface area contributed by atoms with Crippen LogP contribution < -0.4 is 14.5 Å². The van der Waals surface area contributed by atoms with Crippen molar-refractivity contribution in [2.45, 2.75) is 13.0 Å². The molecule has 134 valence electrons. The molecule has 2 aromatic rings. The van der Waals surface area contributed by atoms with Crippen LogP contribution >= 0.6 is 23.2 Å². The molecule has 1 heterocycles. The number of rotatable bonds is 7. The molecule has 3 nitrogen and oxygen atoms in total. The summed E-state index contributed by atoms with van der Waals surface area (Å²) in [5.41, 5.74) is 1.44. The molecule has 0 saturated carbocycles. The SMILES string of the molecule is Clc1cccc(Cl)c1OCCC[NH+]1CC[NH+](Cc2ccccc2)CC1. The Balaban J connectivity index is 1.34. The summed E-state index contributed by atoms with van der Waals surface area (Å²) in [7, 11) is 0. The summed E-state index contributed by atoms with van der Waals surface area (Å²) in [5, 5.41) is 1.16. The molecular formula is C20H26Cl2N2O+2.